The van der Waals surface area contributed by atoms with Crippen LogP contribution >= 0.6 is 11.8 Å². The third-order valence-electron chi connectivity index (χ3n) is 2.62. The molecular weight excluding hydrogens is 230 g/mol. The first kappa shape index (κ1) is 14.6. The highest BCUT2D eigenvalue weighted by atomic mass is 32.2. The first-order valence-corrected chi connectivity index (χ1v) is 7.59. The lowest BCUT2D eigenvalue weighted by Crippen LogP contribution is -2.24. The summed E-state index contributed by atoms with van der Waals surface area (Å²) in [6, 6.07) is 0.433. The van der Waals surface area contributed by atoms with E-state index in [9.17, 15) is 0 Å². The van der Waals surface area contributed by atoms with Crippen molar-refractivity contribution in [3.8, 4) is 0 Å². The Hall–Kier alpha value is -0.480. The molecule has 0 aliphatic carbocycles. The maximum atomic E-state index is 4.36. The monoisotopic (exact) mass is 255 g/mol. The summed E-state index contributed by atoms with van der Waals surface area (Å²) in [4.78, 5) is 0. The standard InChI is InChI=1S/C13H25N3S/c1-5-7-14-13(10-17-11(3)4)12-8-15-16(6-2)9-12/h8-9,11,13-14H,5-7,10H2,1-4H3. The van der Waals surface area contributed by atoms with Gasteiger partial charge in [-0.25, -0.2) is 0 Å². The van der Waals surface area contributed by atoms with Gasteiger partial charge >= 0.3 is 0 Å². The molecule has 98 valence electrons. The lowest BCUT2D eigenvalue weighted by molar-refractivity contribution is 0.575. The summed E-state index contributed by atoms with van der Waals surface area (Å²) in [5.74, 6) is 1.12. The second-order valence-corrected chi connectivity index (χ2v) is 6.13. The first-order valence-electron chi connectivity index (χ1n) is 6.54. The largest absolute Gasteiger partial charge is 0.309 e. The third kappa shape index (κ3) is 5.13. The van der Waals surface area contributed by atoms with E-state index in [-0.39, 0.29) is 0 Å². The highest BCUT2D eigenvalue weighted by Gasteiger charge is 2.13. The van der Waals surface area contributed by atoms with Crippen molar-refractivity contribution in [2.24, 2.45) is 0 Å². The highest BCUT2D eigenvalue weighted by Crippen LogP contribution is 2.21. The molecule has 17 heavy (non-hydrogen) atoms. The van der Waals surface area contributed by atoms with Gasteiger partial charge in [-0.15, -0.1) is 0 Å². The summed E-state index contributed by atoms with van der Waals surface area (Å²) in [7, 11) is 0. The molecule has 0 amide bonds. The van der Waals surface area contributed by atoms with Gasteiger partial charge in [-0.3, -0.25) is 4.68 Å². The molecule has 1 aromatic heterocycles. The van der Waals surface area contributed by atoms with Crippen LogP contribution in [0.5, 0.6) is 0 Å². The summed E-state index contributed by atoms with van der Waals surface area (Å²) < 4.78 is 2.00. The molecule has 0 spiro atoms. The number of aromatic nitrogens is 2. The Labute approximate surface area is 109 Å². The smallest absolute Gasteiger partial charge is 0.0537 e. The van der Waals surface area contributed by atoms with Crippen LogP contribution in [0.15, 0.2) is 12.4 Å². The highest BCUT2D eigenvalue weighted by molar-refractivity contribution is 7.99. The van der Waals surface area contributed by atoms with Crippen LogP contribution in [0.4, 0.5) is 0 Å². The van der Waals surface area contributed by atoms with Crippen LogP contribution in [0.1, 0.15) is 45.7 Å². The number of hydrogen-bond donors (Lipinski definition) is 1. The average molecular weight is 255 g/mol. The van der Waals surface area contributed by atoms with Gasteiger partial charge in [-0.1, -0.05) is 20.8 Å². The van der Waals surface area contributed by atoms with Crippen LogP contribution in [-0.4, -0.2) is 27.3 Å². The van der Waals surface area contributed by atoms with Gasteiger partial charge in [0.1, 0.15) is 0 Å². The zero-order chi connectivity index (χ0) is 12.7. The minimum atomic E-state index is 0.433. The van der Waals surface area contributed by atoms with Gasteiger partial charge in [0.25, 0.3) is 0 Å². The summed E-state index contributed by atoms with van der Waals surface area (Å²) in [5.41, 5.74) is 1.31. The number of hydrogen-bond acceptors (Lipinski definition) is 3. The number of thioether (sulfide) groups is 1. The summed E-state index contributed by atoms with van der Waals surface area (Å²) in [5, 5.41) is 8.65. The Kier molecular flexibility index (Phi) is 6.66. The molecule has 0 saturated heterocycles. The molecule has 0 aromatic carbocycles. The van der Waals surface area contributed by atoms with Gasteiger partial charge in [0.05, 0.1) is 6.20 Å². The number of rotatable bonds is 8. The lowest BCUT2D eigenvalue weighted by atomic mass is 10.2. The Balaban J connectivity index is 2.60. The molecule has 1 heterocycles. The van der Waals surface area contributed by atoms with E-state index in [1.807, 2.05) is 22.6 Å². The average Bonchev–Trinajstić information content (AvgIpc) is 2.77. The molecule has 1 N–H and O–H groups in total. The topological polar surface area (TPSA) is 29.9 Å². The Bertz CT molecular complexity index is 309. The Morgan fingerprint density at radius 3 is 2.71 bits per heavy atom. The van der Waals surface area contributed by atoms with Crippen molar-refractivity contribution in [2.45, 2.75) is 52.0 Å². The molecule has 1 atom stereocenters. The van der Waals surface area contributed by atoms with Gasteiger partial charge < -0.3 is 5.32 Å². The lowest BCUT2D eigenvalue weighted by Gasteiger charge is -2.17. The zero-order valence-corrected chi connectivity index (χ0v) is 12.3. The van der Waals surface area contributed by atoms with Gasteiger partial charge in [0.15, 0.2) is 0 Å². The van der Waals surface area contributed by atoms with E-state index in [1.54, 1.807) is 0 Å². The van der Waals surface area contributed by atoms with E-state index < -0.39 is 0 Å². The van der Waals surface area contributed by atoms with Crippen molar-refractivity contribution in [3.05, 3.63) is 18.0 Å². The van der Waals surface area contributed by atoms with E-state index >= 15 is 0 Å². The number of aryl methyl sites for hydroxylation is 1. The minimum absolute atomic E-state index is 0.433. The quantitative estimate of drug-likeness (QED) is 0.774. The zero-order valence-electron chi connectivity index (χ0n) is 11.4. The molecule has 0 bridgehead atoms. The third-order valence-corrected chi connectivity index (χ3v) is 3.81. The van der Waals surface area contributed by atoms with Crippen molar-refractivity contribution in [3.63, 3.8) is 0 Å². The van der Waals surface area contributed by atoms with E-state index in [1.165, 1.54) is 12.0 Å². The fraction of sp³-hybridized carbons (Fsp3) is 0.769. The molecule has 0 aliphatic heterocycles. The summed E-state index contributed by atoms with van der Waals surface area (Å²) in [6.45, 7) is 10.8. The van der Waals surface area contributed by atoms with Crippen molar-refractivity contribution >= 4 is 11.8 Å². The maximum Gasteiger partial charge on any atom is 0.0537 e. The predicted octanol–water partition coefficient (Wildman–Crippen LogP) is 3.09. The van der Waals surface area contributed by atoms with Crippen LogP contribution in [0, 0.1) is 0 Å². The van der Waals surface area contributed by atoms with Crippen LogP contribution in [0.3, 0.4) is 0 Å². The molecule has 1 unspecified atom stereocenters. The molecular formula is C13H25N3S. The van der Waals surface area contributed by atoms with Crippen molar-refractivity contribution in [2.75, 3.05) is 12.3 Å². The van der Waals surface area contributed by atoms with Crippen molar-refractivity contribution in [1.82, 2.24) is 15.1 Å². The van der Waals surface area contributed by atoms with E-state index in [0.29, 0.717) is 11.3 Å². The number of nitrogens with one attached hydrogen (secondary N) is 1. The van der Waals surface area contributed by atoms with Crippen LogP contribution in [-0.2, 0) is 6.54 Å². The van der Waals surface area contributed by atoms with Crippen LogP contribution in [0.25, 0.3) is 0 Å². The first-order chi connectivity index (χ1) is 8.17. The summed E-state index contributed by atoms with van der Waals surface area (Å²) in [6.07, 6.45) is 5.33. The Morgan fingerprint density at radius 1 is 1.41 bits per heavy atom. The fourth-order valence-electron chi connectivity index (χ4n) is 1.61. The molecule has 3 nitrogen and oxygen atoms in total. The SMILES string of the molecule is CCCNC(CSC(C)C)c1cnn(CC)c1. The molecule has 0 radical (unpaired) electrons. The minimum Gasteiger partial charge on any atom is -0.309 e. The summed E-state index contributed by atoms with van der Waals surface area (Å²) >= 11 is 2.00. The van der Waals surface area contributed by atoms with Gasteiger partial charge in [-0.05, 0) is 25.1 Å². The molecule has 4 heteroatoms. The van der Waals surface area contributed by atoms with E-state index in [2.05, 4.69) is 44.3 Å². The molecule has 1 rings (SSSR count). The fourth-order valence-corrected chi connectivity index (χ4v) is 2.50. The van der Waals surface area contributed by atoms with E-state index in [0.717, 1.165) is 18.8 Å². The number of nitrogens with zero attached hydrogens (tertiary/aromatic N) is 2. The van der Waals surface area contributed by atoms with Crippen LogP contribution in [0.2, 0.25) is 0 Å². The molecule has 0 saturated carbocycles. The molecule has 1 aromatic rings. The second kappa shape index (κ2) is 7.77. The Morgan fingerprint density at radius 2 is 2.18 bits per heavy atom. The van der Waals surface area contributed by atoms with Gasteiger partial charge in [-0.2, -0.15) is 16.9 Å². The second-order valence-electron chi connectivity index (χ2n) is 4.52. The molecule has 0 aliphatic rings. The van der Waals surface area contributed by atoms with Gasteiger partial charge in [0, 0.05) is 30.1 Å². The van der Waals surface area contributed by atoms with Crippen molar-refractivity contribution < 1.29 is 0 Å². The molecule has 0 fully saturated rings. The van der Waals surface area contributed by atoms with Gasteiger partial charge in [0.2, 0.25) is 0 Å². The van der Waals surface area contributed by atoms with Crippen molar-refractivity contribution in [1.29, 1.82) is 0 Å². The normalized spacial score (nSPS) is 13.2. The van der Waals surface area contributed by atoms with E-state index in [4.69, 9.17) is 0 Å². The maximum absolute atomic E-state index is 4.36. The predicted molar refractivity (Wildman–Crippen MR) is 76.5 cm³/mol. The van der Waals surface area contributed by atoms with Crippen LogP contribution < -0.4 is 5.32 Å².